The quantitative estimate of drug-likeness (QED) is 0.529. The first-order chi connectivity index (χ1) is 16.6. The molecule has 0 radical (unpaired) electrons. The second-order valence-electron chi connectivity index (χ2n) is 10.6. The minimum atomic E-state index is -0.905. The number of nitrogens with zero attached hydrogens (tertiary/aromatic N) is 3. The molecule has 1 saturated heterocycles. The molecule has 3 aliphatic rings. The van der Waals surface area contributed by atoms with Gasteiger partial charge < -0.3 is 10.0 Å². The van der Waals surface area contributed by atoms with Crippen molar-refractivity contribution in [1.82, 2.24) is 14.7 Å². The average Bonchev–Trinajstić information content (AvgIpc) is 3.42. The Morgan fingerprint density at radius 3 is 2.71 bits per heavy atom. The van der Waals surface area contributed by atoms with Gasteiger partial charge in [0.1, 0.15) is 5.56 Å². The zero-order chi connectivity index (χ0) is 23.7. The summed E-state index contributed by atoms with van der Waals surface area (Å²) < 4.78 is 1.83. The van der Waals surface area contributed by atoms with Crippen molar-refractivity contribution >= 4 is 11.9 Å². The first kappa shape index (κ1) is 23.1. The lowest BCUT2D eigenvalue weighted by molar-refractivity contribution is -0.137. The smallest absolute Gasteiger partial charge is 0.339 e. The van der Waals surface area contributed by atoms with Gasteiger partial charge in [0.15, 0.2) is 0 Å². The predicted octanol–water partition coefficient (Wildman–Crippen LogP) is 5.90. The number of benzene rings is 1. The molecule has 2 aliphatic carbocycles. The van der Waals surface area contributed by atoms with Crippen LogP contribution in [0.15, 0.2) is 30.5 Å². The van der Waals surface area contributed by atoms with Crippen molar-refractivity contribution in [3.8, 4) is 5.69 Å². The Hall–Kier alpha value is -2.63. The van der Waals surface area contributed by atoms with Crippen molar-refractivity contribution < 1.29 is 14.7 Å². The van der Waals surface area contributed by atoms with Gasteiger partial charge in [-0.1, -0.05) is 38.3 Å². The molecule has 3 atom stereocenters. The molecular formula is C28H37N3O3. The normalized spacial score (nSPS) is 25.0. The van der Waals surface area contributed by atoms with Crippen LogP contribution < -0.4 is 0 Å². The van der Waals surface area contributed by atoms with E-state index in [1.807, 2.05) is 10.7 Å². The van der Waals surface area contributed by atoms with Crippen LogP contribution in [0.5, 0.6) is 0 Å². The van der Waals surface area contributed by atoms with Crippen LogP contribution in [0.3, 0.4) is 0 Å². The molecule has 0 spiro atoms. The lowest BCUT2D eigenvalue weighted by atomic mass is 9.77. The van der Waals surface area contributed by atoms with Gasteiger partial charge >= 0.3 is 5.97 Å². The third-order valence-corrected chi connectivity index (χ3v) is 8.16. The molecular weight excluding hydrogens is 426 g/mol. The number of carboxylic acid groups (broad SMARTS) is 1. The van der Waals surface area contributed by atoms with Crippen molar-refractivity contribution in [1.29, 1.82) is 0 Å². The fraction of sp³-hybridized carbons (Fsp3) is 0.607. The number of carboxylic acids is 1. The summed E-state index contributed by atoms with van der Waals surface area (Å²) in [5.74, 6) is 0.244. The molecule has 2 heterocycles. The van der Waals surface area contributed by atoms with Crippen molar-refractivity contribution in [2.75, 3.05) is 6.54 Å². The SMILES string of the molecule is CCCCC1CCCN1C(=O)[C@H]1CCCC(c2cccc(-n3ncc(C(=O)O)c3C3CC3)c2)C1. The van der Waals surface area contributed by atoms with E-state index in [1.54, 1.807) is 0 Å². The maximum absolute atomic E-state index is 13.5. The Morgan fingerprint density at radius 1 is 1.09 bits per heavy atom. The molecule has 5 rings (SSSR count). The maximum Gasteiger partial charge on any atom is 0.339 e. The van der Waals surface area contributed by atoms with Crippen molar-refractivity contribution in [2.45, 2.75) is 95.4 Å². The molecule has 3 fully saturated rings. The van der Waals surface area contributed by atoms with E-state index in [4.69, 9.17) is 0 Å². The third-order valence-electron chi connectivity index (χ3n) is 8.16. The van der Waals surface area contributed by atoms with Gasteiger partial charge in [0, 0.05) is 24.4 Å². The molecule has 182 valence electrons. The molecule has 0 bridgehead atoms. The van der Waals surface area contributed by atoms with E-state index in [0.29, 0.717) is 23.4 Å². The van der Waals surface area contributed by atoms with E-state index < -0.39 is 5.97 Å². The summed E-state index contributed by atoms with van der Waals surface area (Å²) in [5.41, 5.74) is 3.32. The van der Waals surface area contributed by atoms with E-state index >= 15 is 0 Å². The van der Waals surface area contributed by atoms with Crippen molar-refractivity contribution in [3.05, 3.63) is 47.3 Å². The summed E-state index contributed by atoms with van der Waals surface area (Å²) in [7, 11) is 0. The highest BCUT2D eigenvalue weighted by Crippen LogP contribution is 2.43. The summed E-state index contributed by atoms with van der Waals surface area (Å²) >= 11 is 0. The fourth-order valence-corrected chi connectivity index (χ4v) is 6.21. The van der Waals surface area contributed by atoms with Crippen LogP contribution in [0.25, 0.3) is 5.69 Å². The molecule has 2 saturated carbocycles. The second kappa shape index (κ2) is 9.93. The lowest BCUT2D eigenvalue weighted by Crippen LogP contribution is -2.41. The topological polar surface area (TPSA) is 75.4 Å². The number of hydrogen-bond acceptors (Lipinski definition) is 3. The standard InChI is InChI=1S/C28H37N3O3/c1-2-3-10-23-12-6-15-30(23)27(32)22-9-4-7-20(16-22)21-8-5-11-24(17-21)31-26(19-13-14-19)25(18-29-31)28(33)34/h5,8,11,17-20,22-23H,2-4,6-7,9-10,12-16H2,1H3,(H,33,34)/t20?,22-,23?/m0/s1. The van der Waals surface area contributed by atoms with Gasteiger partial charge in [-0.2, -0.15) is 5.10 Å². The monoisotopic (exact) mass is 463 g/mol. The van der Waals surface area contributed by atoms with E-state index in [-0.39, 0.29) is 11.8 Å². The number of amides is 1. The van der Waals surface area contributed by atoms with Crippen LogP contribution in [0, 0.1) is 5.92 Å². The second-order valence-corrected chi connectivity index (χ2v) is 10.6. The van der Waals surface area contributed by atoms with E-state index in [1.165, 1.54) is 24.6 Å². The maximum atomic E-state index is 13.5. The van der Waals surface area contributed by atoms with E-state index in [9.17, 15) is 14.7 Å². The summed E-state index contributed by atoms with van der Waals surface area (Å²) in [5, 5.41) is 14.1. The highest BCUT2D eigenvalue weighted by Gasteiger charge is 2.36. The van der Waals surface area contributed by atoms with E-state index in [0.717, 1.165) is 75.7 Å². The zero-order valence-corrected chi connectivity index (χ0v) is 20.3. The van der Waals surface area contributed by atoms with Gasteiger partial charge in [-0.15, -0.1) is 0 Å². The molecule has 34 heavy (non-hydrogen) atoms. The number of likely N-dealkylation sites (tertiary alicyclic amines) is 1. The number of aromatic carboxylic acids is 1. The minimum absolute atomic E-state index is 0.120. The Labute approximate surface area is 202 Å². The number of aromatic nitrogens is 2. The molecule has 6 nitrogen and oxygen atoms in total. The van der Waals surface area contributed by atoms with Gasteiger partial charge in [-0.05, 0) is 75.0 Å². The third kappa shape index (κ3) is 4.64. The highest BCUT2D eigenvalue weighted by molar-refractivity contribution is 5.89. The molecule has 1 aliphatic heterocycles. The summed E-state index contributed by atoms with van der Waals surface area (Å²) in [6.45, 7) is 3.15. The molecule has 1 aromatic heterocycles. The van der Waals surface area contributed by atoms with Crippen LogP contribution in [0.2, 0.25) is 0 Å². The number of unbranched alkanes of at least 4 members (excludes halogenated alkanes) is 1. The first-order valence-corrected chi connectivity index (χ1v) is 13.3. The van der Waals surface area contributed by atoms with Crippen LogP contribution in [0.1, 0.15) is 111 Å². The minimum Gasteiger partial charge on any atom is -0.478 e. The molecule has 1 N–H and O–H groups in total. The van der Waals surface area contributed by atoms with Crippen LogP contribution in [0.4, 0.5) is 0 Å². The first-order valence-electron chi connectivity index (χ1n) is 13.3. The Kier molecular flexibility index (Phi) is 6.75. The highest BCUT2D eigenvalue weighted by atomic mass is 16.4. The predicted molar refractivity (Wildman–Crippen MR) is 131 cm³/mol. The van der Waals surface area contributed by atoms with E-state index in [2.05, 4.69) is 35.1 Å². The Balaban J connectivity index is 1.33. The van der Waals surface area contributed by atoms with Crippen molar-refractivity contribution in [2.24, 2.45) is 5.92 Å². The lowest BCUT2D eigenvalue weighted by Gasteiger charge is -2.34. The van der Waals surface area contributed by atoms with Crippen LogP contribution in [-0.4, -0.2) is 44.3 Å². The number of carbonyl (C=O) groups excluding carboxylic acids is 1. The Bertz CT molecular complexity index is 1040. The van der Waals surface area contributed by atoms with Gasteiger partial charge in [-0.3, -0.25) is 4.79 Å². The summed E-state index contributed by atoms with van der Waals surface area (Å²) in [6, 6.07) is 8.85. The number of rotatable bonds is 8. The largest absolute Gasteiger partial charge is 0.478 e. The summed E-state index contributed by atoms with van der Waals surface area (Å²) in [4.78, 5) is 27.4. The van der Waals surface area contributed by atoms with Gasteiger partial charge in [-0.25, -0.2) is 9.48 Å². The van der Waals surface area contributed by atoms with Gasteiger partial charge in [0.2, 0.25) is 5.91 Å². The molecule has 6 heteroatoms. The molecule has 2 aromatic rings. The molecule has 1 aromatic carbocycles. The van der Waals surface area contributed by atoms with Crippen LogP contribution >= 0.6 is 0 Å². The fourth-order valence-electron chi connectivity index (χ4n) is 6.21. The summed E-state index contributed by atoms with van der Waals surface area (Å²) in [6.07, 6.45) is 13.5. The molecule has 2 unspecified atom stereocenters. The number of hydrogen-bond donors (Lipinski definition) is 1. The molecule has 1 amide bonds. The number of carbonyl (C=O) groups is 2. The average molecular weight is 464 g/mol. The van der Waals surface area contributed by atoms with Crippen LogP contribution in [-0.2, 0) is 4.79 Å². The van der Waals surface area contributed by atoms with Gasteiger partial charge in [0.25, 0.3) is 0 Å². The van der Waals surface area contributed by atoms with Crippen molar-refractivity contribution in [3.63, 3.8) is 0 Å². The van der Waals surface area contributed by atoms with Gasteiger partial charge in [0.05, 0.1) is 17.6 Å². The zero-order valence-electron chi connectivity index (χ0n) is 20.3. The Morgan fingerprint density at radius 2 is 1.94 bits per heavy atom.